The molecule has 88 valence electrons. The summed E-state index contributed by atoms with van der Waals surface area (Å²) in [5.41, 5.74) is 6.43. The summed E-state index contributed by atoms with van der Waals surface area (Å²) >= 11 is 0. The average Bonchev–Trinajstić information content (AvgIpc) is 2.87. The first-order valence-corrected chi connectivity index (χ1v) is 5.76. The molecule has 1 aliphatic rings. The summed E-state index contributed by atoms with van der Waals surface area (Å²) < 4.78 is 1.90. The molecule has 1 unspecified atom stereocenters. The van der Waals surface area contributed by atoms with Crippen LogP contribution in [0.2, 0.25) is 0 Å². The molecule has 1 aromatic heterocycles. The number of nitrogens with zero attached hydrogens (tertiary/aromatic N) is 2. The summed E-state index contributed by atoms with van der Waals surface area (Å²) in [7, 11) is 1.93. The molecule has 0 spiro atoms. The zero-order valence-corrected chi connectivity index (χ0v) is 9.72. The Morgan fingerprint density at radius 1 is 1.62 bits per heavy atom. The van der Waals surface area contributed by atoms with Crippen LogP contribution >= 0.6 is 0 Å². The molecule has 2 rings (SSSR count). The standard InChI is InChI=1S/C12H19N3O/c1-14-4-3-11(8-14)12(16)9-15-5-2-10(6-13)7-15/h3-4,8,10H,2,5-7,9,13H2,1H3. The van der Waals surface area contributed by atoms with Crippen LogP contribution in [0.25, 0.3) is 0 Å². The minimum atomic E-state index is 0.207. The van der Waals surface area contributed by atoms with Gasteiger partial charge in [-0.25, -0.2) is 0 Å². The fraction of sp³-hybridized carbons (Fsp3) is 0.583. The Hall–Kier alpha value is -1.13. The van der Waals surface area contributed by atoms with Crippen LogP contribution in [-0.2, 0) is 7.05 Å². The molecule has 16 heavy (non-hydrogen) atoms. The van der Waals surface area contributed by atoms with E-state index >= 15 is 0 Å². The topological polar surface area (TPSA) is 51.3 Å². The van der Waals surface area contributed by atoms with Gasteiger partial charge >= 0.3 is 0 Å². The molecule has 1 atom stereocenters. The van der Waals surface area contributed by atoms with E-state index in [1.807, 2.05) is 30.1 Å². The molecule has 4 nitrogen and oxygen atoms in total. The van der Waals surface area contributed by atoms with Gasteiger partial charge in [-0.3, -0.25) is 9.69 Å². The van der Waals surface area contributed by atoms with Gasteiger partial charge < -0.3 is 10.3 Å². The number of nitrogens with two attached hydrogens (primary N) is 1. The second-order valence-corrected chi connectivity index (χ2v) is 4.61. The van der Waals surface area contributed by atoms with E-state index in [9.17, 15) is 4.79 Å². The minimum absolute atomic E-state index is 0.207. The molecule has 4 heteroatoms. The van der Waals surface area contributed by atoms with Gasteiger partial charge in [0, 0.05) is 31.5 Å². The molecule has 1 aliphatic heterocycles. The first-order valence-electron chi connectivity index (χ1n) is 5.76. The predicted octanol–water partition coefficient (Wildman–Crippen LogP) is 0.488. The van der Waals surface area contributed by atoms with Gasteiger partial charge in [-0.15, -0.1) is 0 Å². The molecule has 2 heterocycles. The number of carbonyl (C=O) groups is 1. The zero-order chi connectivity index (χ0) is 11.5. The SMILES string of the molecule is Cn1ccc(C(=O)CN2CCC(CN)C2)c1. The Balaban J connectivity index is 1.89. The fourth-order valence-electron chi connectivity index (χ4n) is 2.21. The highest BCUT2D eigenvalue weighted by Crippen LogP contribution is 2.15. The number of aromatic nitrogens is 1. The fourth-order valence-corrected chi connectivity index (χ4v) is 2.21. The van der Waals surface area contributed by atoms with E-state index < -0.39 is 0 Å². The molecule has 0 bridgehead atoms. The van der Waals surface area contributed by atoms with Crippen LogP contribution in [0.1, 0.15) is 16.8 Å². The van der Waals surface area contributed by atoms with Gasteiger partial charge in [0.1, 0.15) is 0 Å². The number of rotatable bonds is 4. The van der Waals surface area contributed by atoms with E-state index in [1.54, 1.807) is 0 Å². The summed E-state index contributed by atoms with van der Waals surface area (Å²) in [6, 6.07) is 1.87. The predicted molar refractivity (Wildman–Crippen MR) is 63.3 cm³/mol. The summed E-state index contributed by atoms with van der Waals surface area (Å²) in [5.74, 6) is 0.779. The Labute approximate surface area is 96.0 Å². The molecule has 0 saturated carbocycles. The van der Waals surface area contributed by atoms with Gasteiger partial charge in [0.2, 0.25) is 0 Å². The molecule has 0 amide bonds. The summed E-state index contributed by atoms with van der Waals surface area (Å²) in [5, 5.41) is 0. The third kappa shape index (κ3) is 2.51. The van der Waals surface area contributed by atoms with E-state index in [0.29, 0.717) is 12.5 Å². The molecule has 1 aromatic rings. The molecular formula is C12H19N3O. The van der Waals surface area contributed by atoms with E-state index in [-0.39, 0.29) is 5.78 Å². The van der Waals surface area contributed by atoms with E-state index in [2.05, 4.69) is 4.90 Å². The first-order chi connectivity index (χ1) is 7.69. The largest absolute Gasteiger partial charge is 0.357 e. The Bertz CT molecular complexity index is 372. The van der Waals surface area contributed by atoms with E-state index in [1.165, 1.54) is 0 Å². The van der Waals surface area contributed by atoms with Crippen molar-refractivity contribution in [1.29, 1.82) is 0 Å². The van der Waals surface area contributed by atoms with Crippen molar-refractivity contribution in [2.24, 2.45) is 18.7 Å². The van der Waals surface area contributed by atoms with Crippen LogP contribution in [0.15, 0.2) is 18.5 Å². The van der Waals surface area contributed by atoms with Crippen molar-refractivity contribution in [3.63, 3.8) is 0 Å². The number of Topliss-reactive ketones (excluding diaryl/α,β-unsaturated/α-hetero) is 1. The third-order valence-electron chi connectivity index (χ3n) is 3.22. The molecule has 0 radical (unpaired) electrons. The molecule has 1 saturated heterocycles. The molecule has 0 aromatic carbocycles. The lowest BCUT2D eigenvalue weighted by Gasteiger charge is -2.13. The van der Waals surface area contributed by atoms with Crippen molar-refractivity contribution in [2.45, 2.75) is 6.42 Å². The van der Waals surface area contributed by atoms with Gasteiger partial charge in [0.25, 0.3) is 0 Å². The lowest BCUT2D eigenvalue weighted by Crippen LogP contribution is -2.28. The van der Waals surface area contributed by atoms with Crippen molar-refractivity contribution in [3.8, 4) is 0 Å². The highest BCUT2D eigenvalue weighted by Gasteiger charge is 2.23. The van der Waals surface area contributed by atoms with Gasteiger partial charge in [-0.05, 0) is 31.5 Å². The minimum Gasteiger partial charge on any atom is -0.357 e. The molecule has 1 fully saturated rings. The molecule has 0 aliphatic carbocycles. The Morgan fingerprint density at radius 3 is 3.00 bits per heavy atom. The lowest BCUT2D eigenvalue weighted by atomic mass is 10.1. The highest BCUT2D eigenvalue weighted by molar-refractivity contribution is 5.97. The third-order valence-corrected chi connectivity index (χ3v) is 3.22. The Morgan fingerprint density at radius 2 is 2.44 bits per heavy atom. The summed E-state index contributed by atoms with van der Waals surface area (Å²) in [4.78, 5) is 14.1. The number of hydrogen-bond acceptors (Lipinski definition) is 3. The smallest absolute Gasteiger partial charge is 0.178 e. The number of ketones is 1. The normalized spacial score (nSPS) is 21.5. The quantitative estimate of drug-likeness (QED) is 0.753. The average molecular weight is 221 g/mol. The maximum Gasteiger partial charge on any atom is 0.178 e. The van der Waals surface area contributed by atoms with Crippen LogP contribution < -0.4 is 5.73 Å². The van der Waals surface area contributed by atoms with Gasteiger partial charge in [0.05, 0.1) is 6.54 Å². The van der Waals surface area contributed by atoms with Crippen molar-refractivity contribution in [2.75, 3.05) is 26.2 Å². The molecular weight excluding hydrogens is 202 g/mol. The summed E-state index contributed by atoms with van der Waals surface area (Å²) in [6.07, 6.45) is 4.90. The van der Waals surface area contributed by atoms with Crippen molar-refractivity contribution in [3.05, 3.63) is 24.0 Å². The Kier molecular flexibility index (Phi) is 3.41. The van der Waals surface area contributed by atoms with E-state index in [0.717, 1.165) is 31.6 Å². The van der Waals surface area contributed by atoms with Crippen LogP contribution in [0.4, 0.5) is 0 Å². The van der Waals surface area contributed by atoms with Crippen molar-refractivity contribution in [1.82, 2.24) is 9.47 Å². The van der Waals surface area contributed by atoms with Crippen LogP contribution in [-0.4, -0.2) is 41.4 Å². The molecule has 2 N–H and O–H groups in total. The van der Waals surface area contributed by atoms with Crippen LogP contribution in [0.3, 0.4) is 0 Å². The monoisotopic (exact) mass is 221 g/mol. The number of likely N-dealkylation sites (tertiary alicyclic amines) is 1. The number of hydrogen-bond donors (Lipinski definition) is 1. The maximum absolute atomic E-state index is 11.9. The van der Waals surface area contributed by atoms with E-state index in [4.69, 9.17) is 5.73 Å². The summed E-state index contributed by atoms with van der Waals surface area (Å²) in [6.45, 7) is 3.23. The van der Waals surface area contributed by atoms with Crippen LogP contribution in [0.5, 0.6) is 0 Å². The lowest BCUT2D eigenvalue weighted by molar-refractivity contribution is 0.0943. The van der Waals surface area contributed by atoms with Crippen LogP contribution in [0, 0.1) is 5.92 Å². The first kappa shape index (κ1) is 11.4. The maximum atomic E-state index is 11.9. The second kappa shape index (κ2) is 4.80. The van der Waals surface area contributed by atoms with Gasteiger partial charge in [0.15, 0.2) is 5.78 Å². The zero-order valence-electron chi connectivity index (χ0n) is 9.72. The van der Waals surface area contributed by atoms with Gasteiger partial charge in [-0.2, -0.15) is 0 Å². The number of aryl methyl sites for hydroxylation is 1. The van der Waals surface area contributed by atoms with Gasteiger partial charge in [-0.1, -0.05) is 0 Å². The van der Waals surface area contributed by atoms with Crippen molar-refractivity contribution >= 4 is 5.78 Å². The van der Waals surface area contributed by atoms with Crippen molar-refractivity contribution < 1.29 is 4.79 Å². The number of carbonyl (C=O) groups excluding carboxylic acids is 1. The highest BCUT2D eigenvalue weighted by atomic mass is 16.1. The second-order valence-electron chi connectivity index (χ2n) is 4.61.